The molecule has 2 aliphatic rings. The summed E-state index contributed by atoms with van der Waals surface area (Å²) in [5.41, 5.74) is 0. The first kappa shape index (κ1) is 24.6. The zero-order valence-corrected chi connectivity index (χ0v) is 21.5. The van der Waals surface area contributed by atoms with Gasteiger partial charge < -0.3 is 9.47 Å². The van der Waals surface area contributed by atoms with E-state index in [1.165, 1.54) is 38.0 Å². The second-order valence-electron chi connectivity index (χ2n) is 9.95. The summed E-state index contributed by atoms with van der Waals surface area (Å²) in [5, 5.41) is 3.22. The van der Waals surface area contributed by atoms with Gasteiger partial charge in [0.05, 0.1) is 26.4 Å². The Kier molecular flexibility index (Phi) is 9.56. The van der Waals surface area contributed by atoms with Gasteiger partial charge >= 0.3 is 0 Å². The Labute approximate surface area is 201 Å². The molecule has 0 bridgehead atoms. The van der Waals surface area contributed by atoms with Gasteiger partial charge in [0.25, 0.3) is 0 Å². The van der Waals surface area contributed by atoms with E-state index in [0.717, 1.165) is 52.6 Å². The molecule has 0 saturated carbocycles. The van der Waals surface area contributed by atoms with Crippen LogP contribution in [0.1, 0.15) is 19.8 Å². The fourth-order valence-electron chi connectivity index (χ4n) is 5.78. The van der Waals surface area contributed by atoms with Gasteiger partial charge in [-0.3, -0.25) is 9.80 Å². The number of nitrogens with zero attached hydrogens (tertiary/aromatic N) is 2. The predicted octanol–water partition coefficient (Wildman–Crippen LogP) is 3.33. The lowest BCUT2D eigenvalue weighted by Gasteiger charge is -2.38. The third kappa shape index (κ3) is 7.00. The Hall–Kier alpha value is -1.50. The molecular weight excluding hydrogens is 424 g/mol. The molecule has 33 heavy (non-hydrogen) atoms. The minimum absolute atomic E-state index is 0.675. The smallest absolute Gasteiger partial charge is 0.118 e. The summed E-state index contributed by atoms with van der Waals surface area (Å²) < 4.78 is 11.1. The maximum Gasteiger partial charge on any atom is 0.118 e. The zero-order chi connectivity index (χ0) is 22.8. The summed E-state index contributed by atoms with van der Waals surface area (Å²) in [5.74, 6) is 0.675. The number of hydrogen-bond donors (Lipinski definition) is 0. The van der Waals surface area contributed by atoms with E-state index in [0.29, 0.717) is 5.92 Å². The van der Waals surface area contributed by atoms with E-state index in [1.54, 1.807) is 10.4 Å². The molecule has 0 N–H and O–H groups in total. The number of hydrogen-bond acceptors (Lipinski definition) is 4. The summed E-state index contributed by atoms with van der Waals surface area (Å²) in [7, 11) is -1.88. The van der Waals surface area contributed by atoms with Crippen LogP contribution in [0.2, 0.25) is 12.1 Å². The fraction of sp³-hybridized carbons (Fsp3) is 0.571. The molecule has 2 fully saturated rings. The molecule has 2 heterocycles. The van der Waals surface area contributed by atoms with Gasteiger partial charge in [-0.05, 0) is 31.0 Å². The van der Waals surface area contributed by atoms with Crippen molar-refractivity contribution in [3.8, 4) is 0 Å². The first-order valence-electron chi connectivity index (χ1n) is 13.0. The van der Waals surface area contributed by atoms with Crippen molar-refractivity contribution in [3.05, 3.63) is 60.7 Å². The maximum atomic E-state index is 5.59. The molecule has 0 aliphatic carbocycles. The van der Waals surface area contributed by atoms with Crippen molar-refractivity contribution in [1.29, 1.82) is 0 Å². The van der Waals surface area contributed by atoms with Crippen molar-refractivity contribution < 1.29 is 9.47 Å². The average Bonchev–Trinajstić information content (AvgIpc) is 2.88. The van der Waals surface area contributed by atoms with Crippen LogP contribution < -0.4 is 10.4 Å². The van der Waals surface area contributed by atoms with Crippen molar-refractivity contribution >= 4 is 18.4 Å². The topological polar surface area (TPSA) is 24.9 Å². The van der Waals surface area contributed by atoms with Crippen molar-refractivity contribution in [2.24, 2.45) is 5.92 Å². The molecule has 1 unspecified atom stereocenters. The van der Waals surface area contributed by atoms with Gasteiger partial charge in [-0.1, -0.05) is 84.4 Å². The molecule has 2 aromatic carbocycles. The molecule has 2 saturated heterocycles. The van der Waals surface area contributed by atoms with E-state index < -0.39 is 8.07 Å². The van der Waals surface area contributed by atoms with Crippen LogP contribution in [0.25, 0.3) is 0 Å². The molecule has 5 heteroatoms. The molecule has 0 radical (unpaired) electrons. The predicted molar refractivity (Wildman–Crippen MR) is 140 cm³/mol. The molecule has 0 amide bonds. The van der Waals surface area contributed by atoms with Gasteiger partial charge in [-0.15, -0.1) is 0 Å². The Morgan fingerprint density at radius 3 is 1.79 bits per heavy atom. The van der Waals surface area contributed by atoms with Crippen LogP contribution in [0.5, 0.6) is 0 Å². The van der Waals surface area contributed by atoms with Crippen molar-refractivity contribution in [2.45, 2.75) is 31.9 Å². The van der Waals surface area contributed by atoms with E-state index in [-0.39, 0.29) is 0 Å². The standard InChI is InChI=1S/C28H42N2O2Si/c1-26(24-30-17-21-32-22-18-30)25-33(27-10-4-2-5-11-27,28-12-6-3-7-13-28)23-9-8-14-29-15-19-31-20-16-29/h2-7,10-13,26H,8-9,14-25H2,1H3. The van der Waals surface area contributed by atoms with E-state index in [1.807, 2.05) is 0 Å². The number of benzene rings is 2. The Bertz CT molecular complexity index is 753. The Morgan fingerprint density at radius 2 is 1.24 bits per heavy atom. The first-order valence-corrected chi connectivity index (χ1v) is 15.4. The number of rotatable bonds is 11. The Balaban J connectivity index is 1.52. The normalized spacial score (nSPS) is 19.4. The lowest BCUT2D eigenvalue weighted by Crippen LogP contribution is -2.59. The quantitative estimate of drug-likeness (QED) is 0.375. The van der Waals surface area contributed by atoms with Crippen LogP contribution in [0.4, 0.5) is 0 Å². The third-order valence-corrected chi connectivity index (χ3v) is 12.9. The van der Waals surface area contributed by atoms with Crippen LogP contribution in [0, 0.1) is 5.92 Å². The highest BCUT2D eigenvalue weighted by Crippen LogP contribution is 2.25. The largest absolute Gasteiger partial charge is 0.379 e. The van der Waals surface area contributed by atoms with Crippen molar-refractivity contribution in [3.63, 3.8) is 0 Å². The van der Waals surface area contributed by atoms with Gasteiger partial charge in [0, 0.05) is 32.7 Å². The highest BCUT2D eigenvalue weighted by Gasteiger charge is 2.38. The van der Waals surface area contributed by atoms with Crippen LogP contribution in [-0.4, -0.2) is 83.6 Å². The van der Waals surface area contributed by atoms with Gasteiger partial charge in [0.1, 0.15) is 8.07 Å². The molecule has 2 aromatic rings. The third-order valence-electron chi connectivity index (χ3n) is 7.45. The Morgan fingerprint density at radius 1 is 0.727 bits per heavy atom. The summed E-state index contributed by atoms with van der Waals surface area (Å²) in [6.45, 7) is 12.8. The molecule has 4 rings (SSSR count). The number of unbranched alkanes of at least 4 members (excludes halogenated alkanes) is 1. The van der Waals surface area contributed by atoms with Gasteiger partial charge in [-0.2, -0.15) is 0 Å². The fourth-order valence-corrected chi connectivity index (χ4v) is 11.2. The minimum Gasteiger partial charge on any atom is -0.379 e. The SMILES string of the molecule is CC(CN1CCOCC1)C[Si](CCCCN1CCOCC1)(c1ccccc1)c1ccccc1. The average molecular weight is 467 g/mol. The second kappa shape index (κ2) is 12.8. The van der Waals surface area contributed by atoms with Gasteiger partial charge in [-0.25, -0.2) is 0 Å². The molecule has 0 spiro atoms. The lowest BCUT2D eigenvalue weighted by atomic mass is 10.2. The van der Waals surface area contributed by atoms with Gasteiger partial charge in [0.15, 0.2) is 0 Å². The maximum absolute atomic E-state index is 5.59. The molecule has 1 atom stereocenters. The van der Waals surface area contributed by atoms with Crippen LogP contribution in [0.15, 0.2) is 60.7 Å². The van der Waals surface area contributed by atoms with E-state index >= 15 is 0 Å². The van der Waals surface area contributed by atoms with E-state index in [9.17, 15) is 0 Å². The number of morpholine rings is 2. The molecule has 2 aliphatic heterocycles. The summed E-state index contributed by atoms with van der Waals surface area (Å²) >= 11 is 0. The van der Waals surface area contributed by atoms with Crippen LogP contribution in [-0.2, 0) is 9.47 Å². The summed E-state index contributed by atoms with van der Waals surface area (Å²) in [6.07, 6.45) is 2.59. The zero-order valence-electron chi connectivity index (χ0n) is 20.5. The van der Waals surface area contributed by atoms with Crippen LogP contribution >= 0.6 is 0 Å². The van der Waals surface area contributed by atoms with E-state index in [2.05, 4.69) is 77.4 Å². The highest BCUT2D eigenvalue weighted by molar-refractivity contribution is 7.02. The first-order chi connectivity index (χ1) is 16.3. The monoisotopic (exact) mass is 466 g/mol. The number of ether oxygens (including phenoxy) is 2. The molecule has 0 aromatic heterocycles. The second-order valence-corrected chi connectivity index (χ2v) is 14.2. The van der Waals surface area contributed by atoms with Crippen LogP contribution in [0.3, 0.4) is 0 Å². The minimum atomic E-state index is -1.88. The van der Waals surface area contributed by atoms with E-state index in [4.69, 9.17) is 9.47 Å². The molecular formula is C28H42N2O2Si. The molecule has 180 valence electrons. The summed E-state index contributed by atoms with van der Waals surface area (Å²) in [4.78, 5) is 5.20. The molecule has 4 nitrogen and oxygen atoms in total. The van der Waals surface area contributed by atoms with Gasteiger partial charge in [0.2, 0.25) is 0 Å². The summed E-state index contributed by atoms with van der Waals surface area (Å²) in [6, 6.07) is 25.7. The van der Waals surface area contributed by atoms with Crippen molar-refractivity contribution in [2.75, 3.05) is 65.7 Å². The van der Waals surface area contributed by atoms with Crippen molar-refractivity contribution in [1.82, 2.24) is 9.80 Å². The lowest BCUT2D eigenvalue weighted by molar-refractivity contribution is 0.0328. The highest BCUT2D eigenvalue weighted by atomic mass is 28.3.